The van der Waals surface area contributed by atoms with Crippen LogP contribution in [0.3, 0.4) is 0 Å². The smallest absolute Gasteiger partial charge is 0.410 e. The number of thiazole rings is 1. The molecule has 0 spiro atoms. The Morgan fingerprint density at radius 1 is 1.24 bits per heavy atom. The molecule has 0 atom stereocenters. The number of piperazine rings is 1. The normalized spacial score (nSPS) is 16.0. The molecule has 1 aliphatic rings. The monoisotopic (exact) mass is 312 g/mol. The third-order valence-electron chi connectivity index (χ3n) is 2.95. The van der Waals surface area contributed by atoms with Gasteiger partial charge in [0.05, 0.1) is 6.20 Å². The van der Waals surface area contributed by atoms with Gasteiger partial charge in [-0.3, -0.25) is 4.79 Å². The van der Waals surface area contributed by atoms with Gasteiger partial charge in [0.2, 0.25) is 0 Å². The molecule has 0 saturated carbocycles. The zero-order chi connectivity index (χ0) is 15.6. The van der Waals surface area contributed by atoms with Crippen LogP contribution in [-0.2, 0) is 4.74 Å². The predicted octanol–water partition coefficient (Wildman–Crippen LogP) is 1.42. The number of carbonyl (C=O) groups excluding carboxylic acids is 2. The second-order valence-corrected chi connectivity index (χ2v) is 6.88. The lowest BCUT2D eigenvalue weighted by molar-refractivity contribution is 0.0141. The molecule has 0 aliphatic carbocycles. The third kappa shape index (κ3) is 4.07. The van der Waals surface area contributed by atoms with E-state index in [2.05, 4.69) is 4.98 Å². The Bertz CT molecular complexity index is 530. The van der Waals surface area contributed by atoms with Crippen LogP contribution < -0.4 is 5.73 Å². The molecular weight excluding hydrogens is 292 g/mol. The van der Waals surface area contributed by atoms with E-state index in [0.29, 0.717) is 36.2 Å². The molecule has 2 heterocycles. The lowest BCUT2D eigenvalue weighted by Gasteiger charge is -2.35. The Hall–Kier alpha value is -1.83. The van der Waals surface area contributed by atoms with E-state index >= 15 is 0 Å². The van der Waals surface area contributed by atoms with E-state index in [9.17, 15) is 9.59 Å². The van der Waals surface area contributed by atoms with Crippen molar-refractivity contribution in [3.05, 3.63) is 11.1 Å². The van der Waals surface area contributed by atoms with Crippen molar-refractivity contribution in [2.75, 3.05) is 31.9 Å². The van der Waals surface area contributed by atoms with Crippen molar-refractivity contribution in [3.8, 4) is 0 Å². The van der Waals surface area contributed by atoms with Crippen molar-refractivity contribution in [1.29, 1.82) is 0 Å². The van der Waals surface area contributed by atoms with Crippen molar-refractivity contribution in [3.63, 3.8) is 0 Å². The lowest BCUT2D eigenvalue weighted by atomic mass is 10.2. The van der Waals surface area contributed by atoms with E-state index in [4.69, 9.17) is 10.5 Å². The number of hydrogen-bond donors (Lipinski definition) is 1. The Morgan fingerprint density at radius 3 is 2.29 bits per heavy atom. The van der Waals surface area contributed by atoms with Crippen LogP contribution in [0.4, 0.5) is 9.93 Å². The first-order valence-corrected chi connectivity index (χ1v) is 7.56. The molecule has 1 aromatic heterocycles. The number of ether oxygens (including phenoxy) is 1. The van der Waals surface area contributed by atoms with E-state index in [1.165, 1.54) is 17.5 Å². The molecule has 0 radical (unpaired) electrons. The molecule has 2 amide bonds. The number of nitrogens with two attached hydrogens (primary N) is 1. The Kier molecular flexibility index (Phi) is 4.36. The van der Waals surface area contributed by atoms with Crippen LogP contribution in [0.1, 0.15) is 30.4 Å². The molecule has 2 rings (SSSR count). The molecule has 0 aromatic carbocycles. The maximum absolute atomic E-state index is 12.2. The number of carbonyl (C=O) groups is 2. The number of nitrogen functional groups attached to an aromatic ring is 1. The summed E-state index contributed by atoms with van der Waals surface area (Å²) in [5, 5.41) is 0.380. The van der Waals surface area contributed by atoms with E-state index in [0.717, 1.165) is 0 Å². The third-order valence-corrected chi connectivity index (χ3v) is 3.77. The predicted molar refractivity (Wildman–Crippen MR) is 80.2 cm³/mol. The van der Waals surface area contributed by atoms with E-state index in [1.54, 1.807) is 9.80 Å². The first kappa shape index (κ1) is 15.6. The van der Waals surface area contributed by atoms with Gasteiger partial charge in [0.1, 0.15) is 10.5 Å². The summed E-state index contributed by atoms with van der Waals surface area (Å²) in [5.41, 5.74) is 5.02. The number of rotatable bonds is 1. The molecule has 2 N–H and O–H groups in total. The number of aromatic nitrogens is 1. The van der Waals surface area contributed by atoms with Crippen LogP contribution >= 0.6 is 11.3 Å². The molecule has 0 unspecified atom stereocenters. The van der Waals surface area contributed by atoms with Gasteiger partial charge >= 0.3 is 6.09 Å². The fourth-order valence-electron chi connectivity index (χ4n) is 1.96. The van der Waals surface area contributed by atoms with Gasteiger partial charge in [-0.05, 0) is 20.8 Å². The average molecular weight is 312 g/mol. The minimum absolute atomic E-state index is 0.0898. The van der Waals surface area contributed by atoms with Gasteiger partial charge in [-0.1, -0.05) is 11.3 Å². The summed E-state index contributed by atoms with van der Waals surface area (Å²) < 4.78 is 5.32. The molecule has 1 saturated heterocycles. The Labute approximate surface area is 127 Å². The molecule has 7 nitrogen and oxygen atoms in total. The largest absolute Gasteiger partial charge is 0.444 e. The van der Waals surface area contributed by atoms with Crippen LogP contribution in [0.25, 0.3) is 0 Å². The van der Waals surface area contributed by atoms with Crippen molar-refractivity contribution < 1.29 is 14.3 Å². The minimum atomic E-state index is -0.510. The Morgan fingerprint density at radius 2 is 1.81 bits per heavy atom. The highest BCUT2D eigenvalue weighted by molar-refractivity contribution is 7.17. The first-order chi connectivity index (χ1) is 9.76. The van der Waals surface area contributed by atoms with Gasteiger partial charge < -0.3 is 20.3 Å². The topological polar surface area (TPSA) is 88.8 Å². The highest BCUT2D eigenvalue weighted by Crippen LogP contribution is 2.18. The SMILES string of the molecule is CC(C)(C)OC(=O)N1CCN(C(=O)c2cnc(N)s2)CC1. The summed E-state index contributed by atoms with van der Waals surface area (Å²) in [7, 11) is 0. The van der Waals surface area contributed by atoms with Crippen molar-refractivity contribution in [2.45, 2.75) is 26.4 Å². The molecule has 0 bridgehead atoms. The van der Waals surface area contributed by atoms with Gasteiger partial charge in [0, 0.05) is 26.2 Å². The zero-order valence-corrected chi connectivity index (χ0v) is 13.3. The summed E-state index contributed by atoms with van der Waals surface area (Å²) in [5.74, 6) is -0.0898. The van der Waals surface area contributed by atoms with Crippen LogP contribution in [-0.4, -0.2) is 58.6 Å². The lowest BCUT2D eigenvalue weighted by Crippen LogP contribution is -2.51. The molecule has 1 aromatic rings. The van der Waals surface area contributed by atoms with Crippen molar-refractivity contribution in [1.82, 2.24) is 14.8 Å². The van der Waals surface area contributed by atoms with Gasteiger partial charge in [-0.15, -0.1) is 0 Å². The van der Waals surface area contributed by atoms with Crippen molar-refractivity contribution in [2.24, 2.45) is 0 Å². The summed E-state index contributed by atoms with van der Waals surface area (Å²) in [4.78, 5) is 31.9. The van der Waals surface area contributed by atoms with Crippen LogP contribution in [0, 0.1) is 0 Å². The zero-order valence-electron chi connectivity index (χ0n) is 12.5. The van der Waals surface area contributed by atoms with Crippen molar-refractivity contribution >= 4 is 28.5 Å². The minimum Gasteiger partial charge on any atom is -0.444 e. The van der Waals surface area contributed by atoms with E-state index < -0.39 is 5.60 Å². The number of hydrogen-bond acceptors (Lipinski definition) is 6. The quantitative estimate of drug-likeness (QED) is 0.847. The average Bonchev–Trinajstić information content (AvgIpc) is 2.83. The standard InChI is InChI=1S/C13H20N4O3S/c1-13(2,3)20-12(19)17-6-4-16(5-7-17)10(18)9-8-15-11(14)21-9/h8H,4-7H2,1-3H3,(H2,14,15). The molecule has 1 aliphatic heterocycles. The van der Waals surface area contributed by atoms with Gasteiger partial charge in [-0.2, -0.15) is 0 Å². The molecule has 21 heavy (non-hydrogen) atoms. The second kappa shape index (κ2) is 5.88. The Balaban J connectivity index is 1.88. The highest BCUT2D eigenvalue weighted by Gasteiger charge is 2.28. The van der Waals surface area contributed by atoms with Gasteiger partial charge in [-0.25, -0.2) is 9.78 Å². The number of amides is 2. The van der Waals surface area contributed by atoms with Crippen LogP contribution in [0.2, 0.25) is 0 Å². The van der Waals surface area contributed by atoms with Gasteiger partial charge in [0.15, 0.2) is 5.13 Å². The molecule has 116 valence electrons. The van der Waals surface area contributed by atoms with Crippen LogP contribution in [0.5, 0.6) is 0 Å². The first-order valence-electron chi connectivity index (χ1n) is 6.75. The van der Waals surface area contributed by atoms with Crippen LogP contribution in [0.15, 0.2) is 6.20 Å². The summed E-state index contributed by atoms with van der Waals surface area (Å²) in [6.45, 7) is 7.40. The summed E-state index contributed by atoms with van der Waals surface area (Å²) in [6, 6.07) is 0. The number of nitrogens with zero attached hydrogens (tertiary/aromatic N) is 3. The molecule has 8 heteroatoms. The maximum Gasteiger partial charge on any atom is 0.410 e. The highest BCUT2D eigenvalue weighted by atomic mass is 32.1. The molecule has 1 fully saturated rings. The fourth-order valence-corrected chi connectivity index (χ4v) is 2.61. The molecular formula is C13H20N4O3S. The second-order valence-electron chi connectivity index (χ2n) is 5.82. The van der Waals surface area contributed by atoms with E-state index in [1.807, 2.05) is 20.8 Å². The maximum atomic E-state index is 12.2. The fraction of sp³-hybridized carbons (Fsp3) is 0.615. The van der Waals surface area contributed by atoms with Gasteiger partial charge in [0.25, 0.3) is 5.91 Å². The van der Waals surface area contributed by atoms with E-state index in [-0.39, 0.29) is 12.0 Å². The number of anilines is 1. The summed E-state index contributed by atoms with van der Waals surface area (Å²) in [6.07, 6.45) is 1.15. The summed E-state index contributed by atoms with van der Waals surface area (Å²) >= 11 is 1.17.